The zero-order valence-electron chi connectivity index (χ0n) is 12.4. The first-order chi connectivity index (χ1) is 11.5. The predicted octanol–water partition coefficient (Wildman–Crippen LogP) is 5.97. The first-order valence-electron chi connectivity index (χ1n) is 6.95. The second-order valence-corrected chi connectivity index (χ2v) is 6.75. The fraction of sp³-hybridized carbons (Fsp3) is 0.0588. The Kier molecular flexibility index (Phi) is 4.94. The summed E-state index contributed by atoms with van der Waals surface area (Å²) in [4.78, 5) is 12.7. The Hall–Kier alpha value is -1.82. The summed E-state index contributed by atoms with van der Waals surface area (Å²) in [6.07, 6.45) is 0. The van der Waals surface area contributed by atoms with E-state index in [4.69, 9.17) is 27.7 Å². The minimum atomic E-state index is -0.368. The number of benzene rings is 2. The van der Waals surface area contributed by atoms with Crippen LogP contribution in [0.1, 0.15) is 16.1 Å². The summed E-state index contributed by atoms with van der Waals surface area (Å²) in [5.74, 6) is 0.0311. The van der Waals surface area contributed by atoms with Crippen molar-refractivity contribution >= 4 is 50.7 Å². The number of carbonyl (C=O) groups excluding carboxylic acids is 1. The van der Waals surface area contributed by atoms with E-state index in [1.807, 2.05) is 6.07 Å². The van der Waals surface area contributed by atoms with Gasteiger partial charge in [0.2, 0.25) is 0 Å². The number of rotatable bonds is 3. The molecule has 0 aliphatic heterocycles. The summed E-state index contributed by atoms with van der Waals surface area (Å²) in [6, 6.07) is 12.3. The number of anilines is 1. The van der Waals surface area contributed by atoms with E-state index in [0.717, 1.165) is 4.47 Å². The van der Waals surface area contributed by atoms with E-state index in [1.165, 1.54) is 0 Å². The first-order valence-corrected chi connectivity index (χ1v) is 8.50. The molecule has 24 heavy (non-hydrogen) atoms. The molecule has 0 bridgehead atoms. The smallest absolute Gasteiger partial charge is 0.261 e. The van der Waals surface area contributed by atoms with Crippen LogP contribution in [0, 0.1) is 6.92 Å². The lowest BCUT2D eigenvalue weighted by Gasteiger charge is -2.08. The van der Waals surface area contributed by atoms with Gasteiger partial charge in [-0.25, -0.2) is 0 Å². The summed E-state index contributed by atoms with van der Waals surface area (Å²) in [6.45, 7) is 1.67. The maximum absolute atomic E-state index is 12.7. The van der Waals surface area contributed by atoms with Crippen LogP contribution in [-0.2, 0) is 0 Å². The van der Waals surface area contributed by atoms with Crippen LogP contribution in [-0.4, -0.2) is 11.1 Å². The van der Waals surface area contributed by atoms with Crippen molar-refractivity contribution in [1.82, 2.24) is 5.16 Å². The molecular formula is C17H11BrCl2N2O2. The Balaban J connectivity index is 1.99. The summed E-state index contributed by atoms with van der Waals surface area (Å²) < 4.78 is 6.03. The second kappa shape index (κ2) is 6.97. The number of hydrogen-bond acceptors (Lipinski definition) is 3. The Bertz CT molecular complexity index is 925. The van der Waals surface area contributed by atoms with E-state index < -0.39 is 0 Å². The fourth-order valence-corrected chi connectivity index (χ4v) is 3.20. The molecule has 3 rings (SSSR count). The zero-order chi connectivity index (χ0) is 17.3. The largest absolute Gasteiger partial charge is 0.360 e. The lowest BCUT2D eigenvalue weighted by molar-refractivity contribution is 0.102. The van der Waals surface area contributed by atoms with Gasteiger partial charge in [-0.1, -0.05) is 62.5 Å². The van der Waals surface area contributed by atoms with Crippen molar-refractivity contribution < 1.29 is 9.32 Å². The SMILES string of the molecule is Cc1onc(-c2ccccc2Cl)c1C(=O)Nc1ccc(Br)cc1Cl. The molecule has 0 saturated heterocycles. The van der Waals surface area contributed by atoms with E-state index in [9.17, 15) is 4.79 Å². The molecule has 0 radical (unpaired) electrons. The standard InChI is InChI=1S/C17H11BrCl2N2O2/c1-9-15(16(22-24-9)11-4-2-3-5-12(11)19)17(23)21-14-7-6-10(18)8-13(14)20/h2-8H,1H3,(H,21,23). The zero-order valence-corrected chi connectivity index (χ0v) is 15.5. The lowest BCUT2D eigenvalue weighted by atomic mass is 10.1. The molecule has 0 saturated carbocycles. The number of hydrogen-bond donors (Lipinski definition) is 1. The van der Waals surface area contributed by atoms with Crippen molar-refractivity contribution in [2.75, 3.05) is 5.32 Å². The molecule has 1 N–H and O–H groups in total. The lowest BCUT2D eigenvalue weighted by Crippen LogP contribution is -2.13. The Labute approximate surface area is 156 Å². The highest BCUT2D eigenvalue weighted by Gasteiger charge is 2.23. The Morgan fingerprint density at radius 1 is 1.17 bits per heavy atom. The van der Waals surface area contributed by atoms with Gasteiger partial charge in [0, 0.05) is 10.0 Å². The highest BCUT2D eigenvalue weighted by atomic mass is 79.9. The van der Waals surface area contributed by atoms with Gasteiger partial charge in [-0.2, -0.15) is 0 Å². The average Bonchev–Trinajstić information content (AvgIpc) is 2.92. The van der Waals surface area contributed by atoms with E-state index in [1.54, 1.807) is 43.3 Å². The molecule has 0 atom stereocenters. The van der Waals surface area contributed by atoms with Crippen molar-refractivity contribution in [2.45, 2.75) is 6.92 Å². The predicted molar refractivity (Wildman–Crippen MR) is 98.8 cm³/mol. The van der Waals surface area contributed by atoms with Gasteiger partial charge in [0.25, 0.3) is 5.91 Å². The maximum atomic E-state index is 12.7. The van der Waals surface area contributed by atoms with Crippen LogP contribution in [0.25, 0.3) is 11.3 Å². The van der Waals surface area contributed by atoms with Gasteiger partial charge in [-0.3, -0.25) is 4.79 Å². The number of nitrogens with one attached hydrogen (secondary N) is 1. The minimum absolute atomic E-state index is 0.321. The highest BCUT2D eigenvalue weighted by molar-refractivity contribution is 9.10. The Morgan fingerprint density at radius 3 is 2.62 bits per heavy atom. The quantitative estimate of drug-likeness (QED) is 0.562. The molecule has 2 aromatic carbocycles. The summed E-state index contributed by atoms with van der Waals surface area (Å²) in [7, 11) is 0. The average molecular weight is 426 g/mol. The van der Waals surface area contributed by atoms with Crippen LogP contribution in [0.5, 0.6) is 0 Å². The van der Waals surface area contributed by atoms with Crippen LogP contribution in [0.3, 0.4) is 0 Å². The first kappa shape index (κ1) is 17.0. The van der Waals surface area contributed by atoms with Crippen LogP contribution >= 0.6 is 39.1 Å². The molecule has 0 unspecified atom stereocenters. The number of halogens is 3. The number of nitrogens with zero attached hydrogens (tertiary/aromatic N) is 1. The van der Waals surface area contributed by atoms with Crippen molar-refractivity contribution in [3.05, 3.63) is 68.3 Å². The molecule has 7 heteroatoms. The van der Waals surface area contributed by atoms with Crippen molar-refractivity contribution in [3.8, 4) is 11.3 Å². The highest BCUT2D eigenvalue weighted by Crippen LogP contribution is 2.32. The normalized spacial score (nSPS) is 10.7. The summed E-state index contributed by atoms with van der Waals surface area (Å²) >= 11 is 15.7. The monoisotopic (exact) mass is 424 g/mol. The second-order valence-electron chi connectivity index (χ2n) is 5.02. The Morgan fingerprint density at radius 2 is 1.92 bits per heavy atom. The van der Waals surface area contributed by atoms with Crippen LogP contribution < -0.4 is 5.32 Å². The van der Waals surface area contributed by atoms with E-state index in [-0.39, 0.29) is 5.91 Å². The minimum Gasteiger partial charge on any atom is -0.360 e. The van der Waals surface area contributed by atoms with Gasteiger partial charge < -0.3 is 9.84 Å². The van der Waals surface area contributed by atoms with Gasteiger partial charge >= 0.3 is 0 Å². The number of amides is 1. The molecule has 0 aliphatic carbocycles. The van der Waals surface area contributed by atoms with Crippen molar-refractivity contribution in [3.63, 3.8) is 0 Å². The van der Waals surface area contributed by atoms with Gasteiger partial charge in [0.15, 0.2) is 0 Å². The molecule has 1 amide bonds. The number of aromatic nitrogens is 1. The summed E-state index contributed by atoms with van der Waals surface area (Å²) in [5, 5.41) is 7.67. The van der Waals surface area contributed by atoms with Crippen molar-refractivity contribution in [1.29, 1.82) is 0 Å². The molecule has 1 heterocycles. The van der Waals surface area contributed by atoms with Crippen LogP contribution in [0.4, 0.5) is 5.69 Å². The van der Waals surface area contributed by atoms with E-state index in [0.29, 0.717) is 38.3 Å². The van der Waals surface area contributed by atoms with Crippen molar-refractivity contribution in [2.24, 2.45) is 0 Å². The molecule has 0 fully saturated rings. The number of aryl methyl sites for hydroxylation is 1. The molecular weight excluding hydrogens is 415 g/mol. The third-order valence-corrected chi connectivity index (χ3v) is 4.53. The van der Waals surface area contributed by atoms with Crippen LogP contribution in [0.2, 0.25) is 10.0 Å². The van der Waals surface area contributed by atoms with Gasteiger partial charge in [-0.05, 0) is 31.2 Å². The van der Waals surface area contributed by atoms with E-state index in [2.05, 4.69) is 26.4 Å². The molecule has 0 spiro atoms. The van der Waals surface area contributed by atoms with Gasteiger partial charge in [0.05, 0.1) is 15.7 Å². The van der Waals surface area contributed by atoms with Gasteiger partial charge in [-0.15, -0.1) is 0 Å². The van der Waals surface area contributed by atoms with E-state index >= 15 is 0 Å². The number of carbonyl (C=O) groups is 1. The summed E-state index contributed by atoms with van der Waals surface area (Å²) in [5.41, 5.74) is 1.84. The van der Waals surface area contributed by atoms with Crippen LogP contribution in [0.15, 0.2) is 51.5 Å². The molecule has 0 aliphatic rings. The van der Waals surface area contributed by atoms with Gasteiger partial charge in [0.1, 0.15) is 17.0 Å². The topological polar surface area (TPSA) is 55.1 Å². The molecule has 1 aromatic heterocycles. The molecule has 3 aromatic rings. The third kappa shape index (κ3) is 3.34. The fourth-order valence-electron chi connectivity index (χ4n) is 2.25. The third-order valence-electron chi connectivity index (χ3n) is 3.40. The maximum Gasteiger partial charge on any atom is 0.261 e. The molecule has 122 valence electrons. The molecule has 4 nitrogen and oxygen atoms in total.